The summed E-state index contributed by atoms with van der Waals surface area (Å²) < 4.78 is 0. The van der Waals surface area contributed by atoms with Crippen LogP contribution < -0.4 is 5.56 Å². The summed E-state index contributed by atoms with van der Waals surface area (Å²) in [6.45, 7) is 6.75. The molecule has 0 amide bonds. The summed E-state index contributed by atoms with van der Waals surface area (Å²) >= 11 is 0. The van der Waals surface area contributed by atoms with Crippen LogP contribution in [0.5, 0.6) is 0 Å². The van der Waals surface area contributed by atoms with Crippen molar-refractivity contribution < 1.29 is 5.11 Å². The third-order valence-corrected chi connectivity index (χ3v) is 4.54. The van der Waals surface area contributed by atoms with Crippen molar-refractivity contribution in [3.63, 3.8) is 0 Å². The predicted octanol–water partition coefficient (Wildman–Crippen LogP) is 1.48. The van der Waals surface area contributed by atoms with Gasteiger partial charge in [0.2, 0.25) is 0 Å². The Bertz CT molecular complexity index is 691. The van der Waals surface area contributed by atoms with Crippen LogP contribution in [0.4, 0.5) is 0 Å². The first-order valence-corrected chi connectivity index (χ1v) is 7.98. The van der Waals surface area contributed by atoms with Gasteiger partial charge >= 0.3 is 0 Å². The third kappa shape index (κ3) is 3.08. The van der Waals surface area contributed by atoms with Crippen molar-refractivity contribution >= 4 is 11.0 Å². The van der Waals surface area contributed by atoms with E-state index in [0.29, 0.717) is 30.4 Å². The molecule has 1 aliphatic heterocycles. The first-order valence-electron chi connectivity index (χ1n) is 7.98. The molecule has 2 aromatic heterocycles. The summed E-state index contributed by atoms with van der Waals surface area (Å²) in [4.78, 5) is 23.8. The molecule has 1 saturated heterocycles. The zero-order chi connectivity index (χ0) is 15.7. The number of hydrogen-bond donors (Lipinski definition) is 3. The summed E-state index contributed by atoms with van der Waals surface area (Å²) in [6, 6.07) is 0. The number of fused-ring (bicyclic) bond motifs is 1. The molecular formula is C16H24N4O2. The van der Waals surface area contributed by atoms with Gasteiger partial charge in [-0.05, 0) is 18.3 Å². The maximum Gasteiger partial charge on any atom is 0.275 e. The Morgan fingerprint density at radius 2 is 2.23 bits per heavy atom. The van der Waals surface area contributed by atoms with Gasteiger partial charge in [0.25, 0.3) is 5.56 Å². The van der Waals surface area contributed by atoms with Crippen molar-refractivity contribution in [3.8, 4) is 0 Å². The summed E-state index contributed by atoms with van der Waals surface area (Å²) in [7, 11) is 0. The van der Waals surface area contributed by atoms with Crippen molar-refractivity contribution in [3.05, 3.63) is 28.4 Å². The smallest absolute Gasteiger partial charge is 0.275 e. The molecule has 6 heteroatoms. The third-order valence-electron chi connectivity index (χ3n) is 4.54. The molecule has 0 radical (unpaired) electrons. The summed E-state index contributed by atoms with van der Waals surface area (Å²) in [5.41, 5.74) is 2.11. The molecule has 0 aromatic carbocycles. The van der Waals surface area contributed by atoms with Gasteiger partial charge in [0.05, 0.1) is 17.9 Å². The van der Waals surface area contributed by atoms with Gasteiger partial charge in [-0.1, -0.05) is 20.3 Å². The van der Waals surface area contributed by atoms with Crippen LogP contribution in [0.15, 0.2) is 17.3 Å². The number of β-amino-alcohol motifs (C(OH)–C–C–N with tert-alkyl or cyclic N) is 1. The molecule has 1 aliphatic rings. The molecule has 2 unspecified atom stereocenters. The largest absolute Gasteiger partial charge is 0.391 e. The minimum absolute atomic E-state index is 0.146. The number of nitrogens with one attached hydrogen (secondary N) is 2. The SMILES string of the molecule is CC(C)CCC1CN(Cc2c[nH]c3c(=O)[nH]cnc23)CC1O. The number of aromatic nitrogens is 3. The van der Waals surface area contributed by atoms with Crippen LogP contribution in [-0.4, -0.2) is 44.2 Å². The molecule has 0 bridgehead atoms. The molecule has 1 fully saturated rings. The molecule has 0 aliphatic carbocycles. The Labute approximate surface area is 129 Å². The van der Waals surface area contributed by atoms with Crippen LogP contribution in [0, 0.1) is 11.8 Å². The highest BCUT2D eigenvalue weighted by atomic mass is 16.3. The predicted molar refractivity (Wildman–Crippen MR) is 85.6 cm³/mol. The fraction of sp³-hybridized carbons (Fsp3) is 0.625. The second kappa shape index (κ2) is 6.22. The number of aliphatic hydroxyl groups is 1. The highest BCUT2D eigenvalue weighted by Crippen LogP contribution is 2.26. The Kier molecular flexibility index (Phi) is 4.31. The average Bonchev–Trinajstić information content (AvgIpc) is 3.02. The lowest BCUT2D eigenvalue weighted by atomic mass is 9.96. The van der Waals surface area contributed by atoms with Crippen molar-refractivity contribution in [1.29, 1.82) is 0 Å². The summed E-state index contributed by atoms with van der Waals surface area (Å²) in [5, 5.41) is 10.2. The Morgan fingerprint density at radius 3 is 3.00 bits per heavy atom. The van der Waals surface area contributed by atoms with Crippen LogP contribution in [-0.2, 0) is 6.54 Å². The molecule has 3 rings (SSSR count). The van der Waals surface area contributed by atoms with Crippen molar-refractivity contribution in [1.82, 2.24) is 19.9 Å². The zero-order valence-corrected chi connectivity index (χ0v) is 13.2. The van der Waals surface area contributed by atoms with E-state index in [2.05, 4.69) is 33.7 Å². The number of nitrogens with zero attached hydrogens (tertiary/aromatic N) is 2. The topological polar surface area (TPSA) is 85.0 Å². The number of aromatic amines is 2. The monoisotopic (exact) mass is 304 g/mol. The van der Waals surface area contributed by atoms with Crippen LogP contribution in [0.1, 0.15) is 32.3 Å². The maximum absolute atomic E-state index is 11.7. The van der Waals surface area contributed by atoms with E-state index >= 15 is 0 Å². The minimum atomic E-state index is -0.250. The number of aliphatic hydroxyl groups excluding tert-OH is 1. The normalized spacial score (nSPS) is 22.9. The van der Waals surface area contributed by atoms with E-state index in [1.807, 2.05) is 6.20 Å². The van der Waals surface area contributed by atoms with Crippen molar-refractivity contribution in [2.24, 2.45) is 11.8 Å². The highest BCUT2D eigenvalue weighted by molar-refractivity contribution is 5.77. The van der Waals surface area contributed by atoms with E-state index in [0.717, 1.165) is 30.5 Å². The summed E-state index contributed by atoms with van der Waals surface area (Å²) in [5.74, 6) is 1.02. The first-order chi connectivity index (χ1) is 10.5. The van der Waals surface area contributed by atoms with Crippen LogP contribution in [0.25, 0.3) is 11.0 Å². The Hall–Kier alpha value is -1.66. The van der Waals surface area contributed by atoms with E-state index in [1.165, 1.54) is 6.33 Å². The molecule has 3 N–H and O–H groups in total. The van der Waals surface area contributed by atoms with E-state index in [-0.39, 0.29) is 11.7 Å². The second-order valence-electron chi connectivity index (χ2n) is 6.76. The van der Waals surface area contributed by atoms with Crippen LogP contribution in [0.2, 0.25) is 0 Å². The Morgan fingerprint density at radius 1 is 1.41 bits per heavy atom. The molecular weight excluding hydrogens is 280 g/mol. The molecule has 0 spiro atoms. The van der Waals surface area contributed by atoms with Gasteiger partial charge in [0, 0.05) is 31.4 Å². The second-order valence-corrected chi connectivity index (χ2v) is 6.76. The highest BCUT2D eigenvalue weighted by Gasteiger charge is 2.31. The van der Waals surface area contributed by atoms with Crippen LogP contribution in [0.3, 0.4) is 0 Å². The van der Waals surface area contributed by atoms with Gasteiger partial charge < -0.3 is 15.1 Å². The van der Waals surface area contributed by atoms with Crippen molar-refractivity contribution in [2.45, 2.75) is 39.3 Å². The first kappa shape index (κ1) is 15.2. The standard InChI is InChI=1S/C16H24N4O2/c1-10(2)3-4-11-6-20(8-13(11)21)7-12-5-17-15-14(12)18-9-19-16(15)22/h5,9-11,13,17,21H,3-4,6-8H2,1-2H3,(H,18,19,22). The van der Waals surface area contributed by atoms with E-state index in [9.17, 15) is 9.90 Å². The zero-order valence-electron chi connectivity index (χ0n) is 13.2. The van der Waals surface area contributed by atoms with Gasteiger partial charge in [-0.25, -0.2) is 4.98 Å². The summed E-state index contributed by atoms with van der Waals surface area (Å²) in [6.07, 6.45) is 5.26. The lowest BCUT2D eigenvalue weighted by Crippen LogP contribution is -2.21. The molecule has 22 heavy (non-hydrogen) atoms. The molecule has 6 nitrogen and oxygen atoms in total. The van der Waals surface area contributed by atoms with E-state index < -0.39 is 0 Å². The van der Waals surface area contributed by atoms with Gasteiger partial charge in [-0.15, -0.1) is 0 Å². The molecule has 120 valence electrons. The quantitative estimate of drug-likeness (QED) is 0.781. The van der Waals surface area contributed by atoms with Crippen LogP contribution >= 0.6 is 0 Å². The van der Waals surface area contributed by atoms with Gasteiger partial charge in [0.15, 0.2) is 0 Å². The molecule has 3 heterocycles. The number of likely N-dealkylation sites (tertiary alicyclic amines) is 1. The molecule has 2 atom stereocenters. The molecule has 2 aromatic rings. The lowest BCUT2D eigenvalue weighted by Gasteiger charge is -2.15. The average molecular weight is 304 g/mol. The van der Waals surface area contributed by atoms with E-state index in [4.69, 9.17) is 0 Å². The molecule has 0 saturated carbocycles. The van der Waals surface area contributed by atoms with Gasteiger partial charge in [0.1, 0.15) is 5.52 Å². The fourth-order valence-electron chi connectivity index (χ4n) is 3.27. The Balaban J connectivity index is 1.68. The van der Waals surface area contributed by atoms with E-state index in [1.54, 1.807) is 0 Å². The number of hydrogen-bond acceptors (Lipinski definition) is 4. The maximum atomic E-state index is 11.7. The lowest BCUT2D eigenvalue weighted by molar-refractivity contribution is 0.134. The van der Waals surface area contributed by atoms with Gasteiger partial charge in [-0.3, -0.25) is 9.69 Å². The number of H-pyrrole nitrogens is 2. The van der Waals surface area contributed by atoms with Crippen molar-refractivity contribution in [2.75, 3.05) is 13.1 Å². The number of rotatable bonds is 5. The minimum Gasteiger partial charge on any atom is -0.391 e. The van der Waals surface area contributed by atoms with Gasteiger partial charge in [-0.2, -0.15) is 0 Å². The fourth-order valence-corrected chi connectivity index (χ4v) is 3.27.